The van der Waals surface area contributed by atoms with E-state index in [0.29, 0.717) is 0 Å². The SMILES string of the molecule is CCCCCCCCN1NPP1. The zero-order valence-corrected chi connectivity index (χ0v) is 9.90. The summed E-state index contributed by atoms with van der Waals surface area (Å²) in [7, 11) is 2.09. The summed E-state index contributed by atoms with van der Waals surface area (Å²) in [5.74, 6) is 0. The van der Waals surface area contributed by atoms with Gasteiger partial charge < -0.3 is 0 Å². The Bertz CT molecular complexity index is 107. The number of rotatable bonds is 7. The molecule has 72 valence electrons. The maximum atomic E-state index is 3.32. The zero-order valence-electron chi connectivity index (χ0n) is 7.90. The average molecular weight is 206 g/mol. The molecular formula is C8H20N2P2. The number of hydrogen-bond acceptors (Lipinski definition) is 2. The standard InChI is InChI=1S/C8H20N2P2/c1-2-3-4-5-6-7-8-10-9-11-12-10/h9,11-12H,2-8H2,1H3. The highest BCUT2D eigenvalue weighted by Crippen LogP contribution is 2.46. The molecule has 0 bridgehead atoms. The van der Waals surface area contributed by atoms with Crippen molar-refractivity contribution in [3.05, 3.63) is 0 Å². The predicted octanol–water partition coefficient (Wildman–Crippen LogP) is 3.27. The first-order chi connectivity index (χ1) is 5.93. The van der Waals surface area contributed by atoms with Crippen LogP contribution in [0.15, 0.2) is 0 Å². The third-order valence-electron chi connectivity index (χ3n) is 2.12. The minimum atomic E-state index is 1.02. The lowest BCUT2D eigenvalue weighted by Gasteiger charge is -2.31. The molecule has 0 saturated carbocycles. The molecule has 1 rings (SSSR count). The topological polar surface area (TPSA) is 15.3 Å². The Kier molecular flexibility index (Phi) is 6.52. The van der Waals surface area contributed by atoms with E-state index in [1.807, 2.05) is 0 Å². The number of nitrogens with one attached hydrogen (secondary N) is 1. The molecule has 0 aromatic heterocycles. The van der Waals surface area contributed by atoms with Gasteiger partial charge in [-0.2, -0.15) is 0 Å². The van der Waals surface area contributed by atoms with Crippen molar-refractivity contribution < 1.29 is 0 Å². The maximum Gasteiger partial charge on any atom is 0.0176 e. The van der Waals surface area contributed by atoms with Crippen molar-refractivity contribution in [3.63, 3.8) is 0 Å². The van der Waals surface area contributed by atoms with Gasteiger partial charge in [-0.25, -0.2) is 9.98 Å². The number of unbranched alkanes of at least 4 members (excludes halogenated alkanes) is 5. The second-order valence-electron chi connectivity index (χ2n) is 3.27. The molecule has 2 unspecified atom stereocenters. The third-order valence-corrected chi connectivity index (χ3v) is 4.92. The van der Waals surface area contributed by atoms with Gasteiger partial charge in [-0.3, -0.25) is 0 Å². The van der Waals surface area contributed by atoms with Crippen LogP contribution in [0.25, 0.3) is 0 Å². The van der Waals surface area contributed by atoms with Crippen LogP contribution in [0.5, 0.6) is 0 Å². The highest BCUT2D eigenvalue weighted by molar-refractivity contribution is 8.12. The minimum Gasteiger partial charge on any atom is -0.227 e. The molecule has 1 aliphatic heterocycles. The molecule has 1 aliphatic rings. The van der Waals surface area contributed by atoms with Gasteiger partial charge in [-0.15, -0.1) is 0 Å². The third kappa shape index (κ3) is 4.72. The predicted molar refractivity (Wildman–Crippen MR) is 59.8 cm³/mol. The van der Waals surface area contributed by atoms with Crippen LogP contribution in [0.3, 0.4) is 0 Å². The molecule has 2 nitrogen and oxygen atoms in total. The van der Waals surface area contributed by atoms with Gasteiger partial charge in [0, 0.05) is 23.4 Å². The molecule has 0 aromatic carbocycles. The largest absolute Gasteiger partial charge is 0.227 e. The van der Waals surface area contributed by atoms with Crippen LogP contribution < -0.4 is 5.20 Å². The van der Waals surface area contributed by atoms with Gasteiger partial charge in [0.25, 0.3) is 0 Å². The van der Waals surface area contributed by atoms with Gasteiger partial charge in [0.05, 0.1) is 0 Å². The van der Waals surface area contributed by atoms with Gasteiger partial charge in [0.2, 0.25) is 0 Å². The van der Waals surface area contributed by atoms with E-state index in [2.05, 4.69) is 16.9 Å². The van der Waals surface area contributed by atoms with Crippen molar-refractivity contribution >= 4 is 16.8 Å². The minimum absolute atomic E-state index is 1.02. The molecule has 12 heavy (non-hydrogen) atoms. The van der Waals surface area contributed by atoms with E-state index < -0.39 is 0 Å². The summed E-state index contributed by atoms with van der Waals surface area (Å²) in [6, 6.07) is 0. The van der Waals surface area contributed by atoms with E-state index in [1.54, 1.807) is 0 Å². The van der Waals surface area contributed by atoms with Crippen molar-refractivity contribution in [1.29, 1.82) is 0 Å². The van der Waals surface area contributed by atoms with Crippen LogP contribution in [0.1, 0.15) is 45.4 Å². The van der Waals surface area contributed by atoms with Crippen molar-refractivity contribution in [2.75, 3.05) is 6.54 Å². The zero-order chi connectivity index (χ0) is 8.65. The van der Waals surface area contributed by atoms with Crippen molar-refractivity contribution in [3.8, 4) is 0 Å². The summed E-state index contributed by atoms with van der Waals surface area (Å²) in [4.78, 5) is 0. The highest BCUT2D eigenvalue weighted by Gasteiger charge is 2.10. The number of hydrogen-bond donors (Lipinski definition) is 1. The molecule has 1 heterocycles. The second-order valence-corrected chi connectivity index (χ2v) is 5.93. The van der Waals surface area contributed by atoms with Crippen LogP contribution in [0, 0.1) is 0 Å². The van der Waals surface area contributed by atoms with Gasteiger partial charge in [0.15, 0.2) is 0 Å². The van der Waals surface area contributed by atoms with E-state index in [9.17, 15) is 0 Å². The van der Waals surface area contributed by atoms with Crippen LogP contribution in [0.2, 0.25) is 0 Å². The van der Waals surface area contributed by atoms with Crippen LogP contribution in [-0.4, -0.2) is 11.3 Å². The Balaban J connectivity index is 1.70. The molecule has 1 fully saturated rings. The first-order valence-electron chi connectivity index (χ1n) is 4.97. The van der Waals surface area contributed by atoms with E-state index in [4.69, 9.17) is 0 Å². The highest BCUT2D eigenvalue weighted by atomic mass is 32.0. The van der Waals surface area contributed by atoms with Gasteiger partial charge >= 0.3 is 0 Å². The molecule has 0 spiro atoms. The molecule has 1 saturated heterocycles. The summed E-state index contributed by atoms with van der Waals surface area (Å²) in [6.07, 6.45) is 8.46. The van der Waals surface area contributed by atoms with Crippen molar-refractivity contribution in [2.45, 2.75) is 45.4 Å². The normalized spacial score (nSPS) is 21.8. The lowest BCUT2D eigenvalue weighted by Crippen LogP contribution is -2.30. The molecule has 0 aliphatic carbocycles. The molecule has 1 N–H and O–H groups in total. The number of nitrogens with zero attached hydrogens (tertiary/aromatic N) is 1. The van der Waals surface area contributed by atoms with Gasteiger partial charge in [-0.1, -0.05) is 39.0 Å². The Labute approximate surface area is 79.4 Å². The molecule has 0 aromatic rings. The summed E-state index contributed by atoms with van der Waals surface area (Å²) in [6.45, 7) is 3.55. The van der Waals surface area contributed by atoms with Crippen LogP contribution in [0.4, 0.5) is 0 Å². The Morgan fingerprint density at radius 3 is 2.33 bits per heavy atom. The van der Waals surface area contributed by atoms with Crippen LogP contribution >= 0.6 is 16.8 Å². The molecule has 2 atom stereocenters. The average Bonchev–Trinajstić information content (AvgIpc) is 2.00. The Hall–Kier alpha value is 0.780. The second kappa shape index (κ2) is 7.21. The van der Waals surface area contributed by atoms with Gasteiger partial charge in [0.1, 0.15) is 0 Å². The Morgan fingerprint density at radius 1 is 1.08 bits per heavy atom. The van der Waals surface area contributed by atoms with Gasteiger partial charge in [-0.05, 0) is 6.42 Å². The lowest BCUT2D eigenvalue weighted by molar-refractivity contribution is 0.410. The fourth-order valence-electron chi connectivity index (χ4n) is 1.30. The summed E-state index contributed by atoms with van der Waals surface area (Å²) >= 11 is 0. The fourth-order valence-corrected chi connectivity index (χ4v) is 3.09. The summed E-state index contributed by atoms with van der Waals surface area (Å²) in [5, 5.41) is 3.32. The molecule has 0 radical (unpaired) electrons. The summed E-state index contributed by atoms with van der Waals surface area (Å²) < 4.78 is 2.36. The first-order valence-corrected chi connectivity index (χ1v) is 7.92. The molecular weight excluding hydrogens is 186 g/mol. The Morgan fingerprint density at radius 2 is 1.75 bits per heavy atom. The monoisotopic (exact) mass is 206 g/mol. The van der Waals surface area contributed by atoms with Crippen LogP contribution in [-0.2, 0) is 0 Å². The van der Waals surface area contributed by atoms with Crippen molar-refractivity contribution in [1.82, 2.24) is 9.98 Å². The van der Waals surface area contributed by atoms with Crippen molar-refractivity contribution in [2.24, 2.45) is 0 Å². The van der Waals surface area contributed by atoms with E-state index in [0.717, 1.165) is 16.8 Å². The fraction of sp³-hybridized carbons (Fsp3) is 1.00. The smallest absolute Gasteiger partial charge is 0.0176 e. The first kappa shape index (κ1) is 10.9. The van der Waals surface area contributed by atoms with E-state index in [1.165, 1.54) is 45.1 Å². The lowest BCUT2D eigenvalue weighted by atomic mass is 10.1. The summed E-state index contributed by atoms with van der Waals surface area (Å²) in [5.41, 5.74) is 0. The maximum absolute atomic E-state index is 3.32. The quantitative estimate of drug-likeness (QED) is 0.508. The van der Waals surface area contributed by atoms with E-state index >= 15 is 0 Å². The molecule has 4 heteroatoms. The van der Waals surface area contributed by atoms with E-state index in [-0.39, 0.29) is 0 Å². The number of hydrazine groups is 1. The molecule has 0 amide bonds.